The number of ether oxygens (including phenoxy) is 1. The standard InChI is InChI=1S/C12H13NO3/c1-2-11(14)8-16-12(15)10-5-3-9(7-13)4-6-10/h3-6,11,14H,2,8H2,1H3. The summed E-state index contributed by atoms with van der Waals surface area (Å²) in [7, 11) is 0. The van der Waals surface area contributed by atoms with E-state index in [-0.39, 0.29) is 6.61 Å². The zero-order valence-corrected chi connectivity index (χ0v) is 9.01. The summed E-state index contributed by atoms with van der Waals surface area (Å²) in [6.45, 7) is 1.80. The van der Waals surface area contributed by atoms with Gasteiger partial charge in [0.1, 0.15) is 6.61 Å². The third-order valence-electron chi connectivity index (χ3n) is 2.13. The molecule has 4 nitrogen and oxygen atoms in total. The van der Waals surface area contributed by atoms with Gasteiger partial charge in [0.2, 0.25) is 0 Å². The van der Waals surface area contributed by atoms with E-state index in [2.05, 4.69) is 0 Å². The van der Waals surface area contributed by atoms with Crippen LogP contribution in [0, 0.1) is 11.3 Å². The lowest BCUT2D eigenvalue weighted by Crippen LogP contribution is -2.17. The lowest BCUT2D eigenvalue weighted by atomic mass is 10.1. The molecule has 0 amide bonds. The molecule has 1 N–H and O–H groups in total. The number of esters is 1. The molecule has 4 heteroatoms. The smallest absolute Gasteiger partial charge is 0.338 e. The molecule has 1 rings (SSSR count). The van der Waals surface area contributed by atoms with Crippen molar-refractivity contribution in [2.45, 2.75) is 19.4 Å². The molecule has 0 aliphatic rings. The van der Waals surface area contributed by atoms with E-state index >= 15 is 0 Å². The van der Waals surface area contributed by atoms with E-state index in [1.807, 2.05) is 6.07 Å². The number of hydrogen-bond acceptors (Lipinski definition) is 4. The van der Waals surface area contributed by atoms with Gasteiger partial charge in [0, 0.05) is 0 Å². The fourth-order valence-electron chi connectivity index (χ4n) is 1.05. The number of rotatable bonds is 4. The molecule has 0 spiro atoms. The van der Waals surface area contributed by atoms with Crippen LogP contribution >= 0.6 is 0 Å². The van der Waals surface area contributed by atoms with E-state index in [4.69, 9.17) is 10.00 Å². The highest BCUT2D eigenvalue weighted by molar-refractivity contribution is 5.89. The summed E-state index contributed by atoms with van der Waals surface area (Å²) in [6, 6.07) is 8.11. The first kappa shape index (κ1) is 12.2. The van der Waals surface area contributed by atoms with Crippen molar-refractivity contribution in [2.75, 3.05) is 6.61 Å². The van der Waals surface area contributed by atoms with Crippen molar-refractivity contribution >= 4 is 5.97 Å². The molecule has 0 aliphatic heterocycles. The zero-order valence-electron chi connectivity index (χ0n) is 9.01. The fourth-order valence-corrected chi connectivity index (χ4v) is 1.05. The molecule has 0 bridgehead atoms. The molecule has 0 aliphatic carbocycles. The van der Waals surface area contributed by atoms with Crippen molar-refractivity contribution in [1.29, 1.82) is 5.26 Å². The summed E-state index contributed by atoms with van der Waals surface area (Å²) in [5.74, 6) is -0.489. The van der Waals surface area contributed by atoms with Crippen LogP contribution in [0.25, 0.3) is 0 Å². The Balaban J connectivity index is 2.57. The summed E-state index contributed by atoms with van der Waals surface area (Å²) in [5.41, 5.74) is 0.868. The number of aliphatic hydroxyl groups is 1. The molecule has 84 valence electrons. The predicted molar refractivity (Wildman–Crippen MR) is 57.7 cm³/mol. The van der Waals surface area contributed by atoms with E-state index in [0.717, 1.165) is 0 Å². The average Bonchev–Trinajstić information content (AvgIpc) is 2.35. The first-order valence-corrected chi connectivity index (χ1v) is 5.02. The normalized spacial score (nSPS) is 11.6. The predicted octanol–water partition coefficient (Wildman–Crippen LogP) is 1.49. The van der Waals surface area contributed by atoms with Crippen molar-refractivity contribution in [3.8, 4) is 6.07 Å². The molecule has 1 aromatic rings. The third kappa shape index (κ3) is 3.37. The second-order valence-electron chi connectivity index (χ2n) is 3.35. The van der Waals surface area contributed by atoms with Crippen LogP contribution in [-0.4, -0.2) is 23.8 Å². The van der Waals surface area contributed by atoms with E-state index < -0.39 is 12.1 Å². The molecule has 0 aromatic heterocycles. The molecule has 0 heterocycles. The Bertz CT molecular complexity index is 392. The van der Waals surface area contributed by atoms with Gasteiger partial charge in [0.25, 0.3) is 0 Å². The molecule has 0 saturated heterocycles. The maximum Gasteiger partial charge on any atom is 0.338 e. The van der Waals surface area contributed by atoms with Crippen LogP contribution in [0.2, 0.25) is 0 Å². The van der Waals surface area contributed by atoms with E-state index in [1.165, 1.54) is 12.1 Å². The summed E-state index contributed by atoms with van der Waals surface area (Å²) in [4.78, 5) is 11.4. The SMILES string of the molecule is CCC(O)COC(=O)c1ccc(C#N)cc1. The Labute approximate surface area is 94.1 Å². The van der Waals surface area contributed by atoms with E-state index in [1.54, 1.807) is 19.1 Å². The molecule has 1 unspecified atom stereocenters. The minimum Gasteiger partial charge on any atom is -0.459 e. The number of nitriles is 1. The second kappa shape index (κ2) is 5.89. The largest absolute Gasteiger partial charge is 0.459 e. The van der Waals surface area contributed by atoms with Gasteiger partial charge in [0.15, 0.2) is 0 Å². The summed E-state index contributed by atoms with van der Waals surface area (Å²) < 4.78 is 4.88. The van der Waals surface area contributed by atoms with Gasteiger partial charge in [-0.1, -0.05) is 6.92 Å². The average molecular weight is 219 g/mol. The Kier molecular flexibility index (Phi) is 4.49. The lowest BCUT2D eigenvalue weighted by Gasteiger charge is -2.08. The Morgan fingerprint density at radius 1 is 1.50 bits per heavy atom. The van der Waals surface area contributed by atoms with Crippen molar-refractivity contribution < 1.29 is 14.6 Å². The molecule has 0 saturated carbocycles. The van der Waals surface area contributed by atoms with Crippen LogP contribution < -0.4 is 0 Å². The number of benzene rings is 1. The summed E-state index contributed by atoms with van der Waals surface area (Å²) in [6.07, 6.45) is -0.0805. The molecular formula is C12H13NO3. The maximum atomic E-state index is 11.4. The van der Waals surface area contributed by atoms with Crippen LogP contribution in [0.15, 0.2) is 24.3 Å². The number of aliphatic hydroxyl groups excluding tert-OH is 1. The minimum absolute atomic E-state index is 0.00463. The summed E-state index contributed by atoms with van der Waals surface area (Å²) >= 11 is 0. The van der Waals surface area contributed by atoms with Gasteiger partial charge in [-0.05, 0) is 30.7 Å². The minimum atomic E-state index is -0.623. The van der Waals surface area contributed by atoms with Crippen molar-refractivity contribution in [3.05, 3.63) is 35.4 Å². The van der Waals surface area contributed by atoms with Crippen LogP contribution in [0.4, 0.5) is 0 Å². The first-order chi connectivity index (χ1) is 7.67. The van der Waals surface area contributed by atoms with Gasteiger partial charge in [-0.25, -0.2) is 4.79 Å². The van der Waals surface area contributed by atoms with E-state index in [9.17, 15) is 9.90 Å². The van der Waals surface area contributed by atoms with Crippen LogP contribution in [0.1, 0.15) is 29.3 Å². The number of hydrogen-bond donors (Lipinski definition) is 1. The highest BCUT2D eigenvalue weighted by Gasteiger charge is 2.09. The number of carbonyl (C=O) groups is 1. The number of nitrogens with zero attached hydrogens (tertiary/aromatic N) is 1. The van der Waals surface area contributed by atoms with Crippen molar-refractivity contribution in [1.82, 2.24) is 0 Å². The molecule has 1 atom stereocenters. The Morgan fingerprint density at radius 3 is 2.62 bits per heavy atom. The van der Waals surface area contributed by atoms with Crippen molar-refractivity contribution in [2.24, 2.45) is 0 Å². The van der Waals surface area contributed by atoms with Crippen LogP contribution in [0.3, 0.4) is 0 Å². The topological polar surface area (TPSA) is 70.3 Å². The highest BCUT2D eigenvalue weighted by Crippen LogP contribution is 2.05. The second-order valence-corrected chi connectivity index (χ2v) is 3.35. The van der Waals surface area contributed by atoms with Gasteiger partial charge in [0.05, 0.1) is 23.3 Å². The van der Waals surface area contributed by atoms with E-state index in [0.29, 0.717) is 17.5 Å². The Hall–Kier alpha value is -1.86. The summed E-state index contributed by atoms with van der Waals surface area (Å²) in [5, 5.41) is 17.8. The van der Waals surface area contributed by atoms with Crippen molar-refractivity contribution in [3.63, 3.8) is 0 Å². The monoisotopic (exact) mass is 219 g/mol. The Morgan fingerprint density at radius 2 is 2.12 bits per heavy atom. The first-order valence-electron chi connectivity index (χ1n) is 5.02. The molecular weight excluding hydrogens is 206 g/mol. The van der Waals surface area contributed by atoms with Gasteiger partial charge < -0.3 is 9.84 Å². The lowest BCUT2D eigenvalue weighted by molar-refractivity contribution is 0.0250. The van der Waals surface area contributed by atoms with Gasteiger partial charge in [-0.2, -0.15) is 5.26 Å². The number of carbonyl (C=O) groups excluding carboxylic acids is 1. The molecule has 0 fully saturated rings. The molecule has 16 heavy (non-hydrogen) atoms. The third-order valence-corrected chi connectivity index (χ3v) is 2.13. The van der Waals surface area contributed by atoms with Gasteiger partial charge >= 0.3 is 5.97 Å². The van der Waals surface area contributed by atoms with Gasteiger partial charge in [-0.3, -0.25) is 0 Å². The molecule has 1 aromatic carbocycles. The fraction of sp³-hybridized carbons (Fsp3) is 0.333. The van der Waals surface area contributed by atoms with Gasteiger partial charge in [-0.15, -0.1) is 0 Å². The van der Waals surface area contributed by atoms with Crippen LogP contribution in [0.5, 0.6) is 0 Å². The maximum absolute atomic E-state index is 11.4. The quantitative estimate of drug-likeness (QED) is 0.779. The van der Waals surface area contributed by atoms with Crippen LogP contribution in [-0.2, 0) is 4.74 Å². The zero-order chi connectivity index (χ0) is 12.0. The molecule has 0 radical (unpaired) electrons. The highest BCUT2D eigenvalue weighted by atomic mass is 16.5.